The number of hydrogen-bond donors (Lipinski definition) is 0. The zero-order valence-electron chi connectivity index (χ0n) is 14.2. The van der Waals surface area contributed by atoms with Crippen LogP contribution in [0.15, 0.2) is 53.4 Å². The molecular weight excluding hydrogens is 358 g/mol. The fourth-order valence-electron chi connectivity index (χ4n) is 3.32. The molecule has 1 aliphatic rings. The summed E-state index contributed by atoms with van der Waals surface area (Å²) in [6.45, 7) is 1.44. The van der Waals surface area contributed by atoms with E-state index < -0.39 is 9.84 Å². The molecule has 0 aromatic heterocycles. The summed E-state index contributed by atoms with van der Waals surface area (Å²) in [4.78, 5) is 2.58. The third kappa shape index (κ3) is 4.35. The van der Waals surface area contributed by atoms with E-state index in [0.717, 1.165) is 25.1 Å². The van der Waals surface area contributed by atoms with E-state index in [1.54, 1.807) is 31.4 Å². The van der Waals surface area contributed by atoms with E-state index in [4.69, 9.17) is 16.3 Å². The number of ether oxygens (including phenoxy) is 1. The van der Waals surface area contributed by atoms with Gasteiger partial charge in [-0.25, -0.2) is 8.42 Å². The molecule has 134 valence electrons. The van der Waals surface area contributed by atoms with Crippen molar-refractivity contribution in [3.63, 3.8) is 0 Å². The van der Waals surface area contributed by atoms with Gasteiger partial charge in [-0.2, -0.15) is 0 Å². The van der Waals surface area contributed by atoms with Gasteiger partial charge in [0.05, 0.1) is 17.8 Å². The fraction of sp³-hybridized carbons (Fsp3) is 0.368. The Balaban J connectivity index is 1.70. The van der Waals surface area contributed by atoms with Gasteiger partial charge in [-0.1, -0.05) is 23.7 Å². The first-order valence-corrected chi connectivity index (χ1v) is 10.4. The van der Waals surface area contributed by atoms with E-state index in [1.807, 2.05) is 18.2 Å². The Labute approximate surface area is 154 Å². The van der Waals surface area contributed by atoms with Gasteiger partial charge in [-0.15, -0.1) is 0 Å². The van der Waals surface area contributed by atoms with Crippen LogP contribution in [0.4, 0.5) is 0 Å². The van der Waals surface area contributed by atoms with Crippen LogP contribution in [-0.4, -0.2) is 39.3 Å². The molecule has 0 saturated carbocycles. The summed E-state index contributed by atoms with van der Waals surface area (Å²) in [5.41, 5.74) is 1.18. The van der Waals surface area contributed by atoms with Gasteiger partial charge in [-0.3, -0.25) is 4.90 Å². The molecule has 1 atom stereocenters. The van der Waals surface area contributed by atoms with Gasteiger partial charge >= 0.3 is 0 Å². The molecule has 0 spiro atoms. The standard InChI is InChI=1S/C19H22ClNO3S/c1-24-17-5-2-4-15(14-17)19-6-3-11-21(19)12-13-25(22,23)18-9-7-16(20)8-10-18/h2,4-5,7-10,14,19H,3,6,11-13H2,1H3. The molecule has 25 heavy (non-hydrogen) atoms. The van der Waals surface area contributed by atoms with Crippen molar-refractivity contribution in [2.75, 3.05) is 26.0 Å². The Kier molecular flexibility index (Phi) is 5.67. The lowest BCUT2D eigenvalue weighted by atomic mass is 10.0. The lowest BCUT2D eigenvalue weighted by Gasteiger charge is -2.25. The van der Waals surface area contributed by atoms with Gasteiger partial charge in [0.25, 0.3) is 0 Å². The molecule has 1 heterocycles. The van der Waals surface area contributed by atoms with Crippen LogP contribution in [0, 0.1) is 0 Å². The molecule has 3 rings (SSSR count). The molecule has 4 nitrogen and oxygen atoms in total. The number of rotatable bonds is 6. The van der Waals surface area contributed by atoms with E-state index >= 15 is 0 Å². The Morgan fingerprint density at radius 1 is 1.20 bits per heavy atom. The van der Waals surface area contributed by atoms with Gasteiger partial charge < -0.3 is 4.74 Å². The minimum Gasteiger partial charge on any atom is -0.497 e. The van der Waals surface area contributed by atoms with E-state index in [-0.39, 0.29) is 11.8 Å². The maximum Gasteiger partial charge on any atom is 0.179 e. The molecule has 2 aromatic carbocycles. The number of hydrogen-bond acceptors (Lipinski definition) is 4. The van der Waals surface area contributed by atoms with Gasteiger partial charge in [0.15, 0.2) is 9.84 Å². The Hall–Kier alpha value is -1.56. The van der Waals surface area contributed by atoms with Crippen molar-refractivity contribution in [3.8, 4) is 5.75 Å². The molecule has 0 bridgehead atoms. The molecule has 1 unspecified atom stereocenters. The number of sulfone groups is 1. The first-order chi connectivity index (χ1) is 12.0. The quantitative estimate of drug-likeness (QED) is 0.762. The van der Waals surface area contributed by atoms with Crippen LogP contribution in [0.2, 0.25) is 5.02 Å². The monoisotopic (exact) mass is 379 g/mol. The van der Waals surface area contributed by atoms with Crippen LogP contribution in [-0.2, 0) is 9.84 Å². The van der Waals surface area contributed by atoms with Crippen molar-refractivity contribution in [1.29, 1.82) is 0 Å². The van der Waals surface area contributed by atoms with Crippen molar-refractivity contribution in [2.24, 2.45) is 0 Å². The average Bonchev–Trinajstić information content (AvgIpc) is 3.09. The second-order valence-electron chi connectivity index (χ2n) is 6.24. The predicted molar refractivity (Wildman–Crippen MR) is 100 cm³/mol. The number of benzene rings is 2. The molecule has 1 saturated heterocycles. The van der Waals surface area contributed by atoms with Gasteiger partial charge in [0, 0.05) is 17.6 Å². The van der Waals surface area contributed by atoms with Crippen LogP contribution in [0.5, 0.6) is 5.75 Å². The first-order valence-electron chi connectivity index (χ1n) is 8.36. The van der Waals surface area contributed by atoms with E-state index in [2.05, 4.69) is 11.0 Å². The first kappa shape index (κ1) is 18.2. The second kappa shape index (κ2) is 7.77. The summed E-state index contributed by atoms with van der Waals surface area (Å²) in [5.74, 6) is 0.938. The highest BCUT2D eigenvalue weighted by molar-refractivity contribution is 7.91. The Morgan fingerprint density at radius 3 is 2.68 bits per heavy atom. The number of likely N-dealkylation sites (tertiary alicyclic amines) is 1. The van der Waals surface area contributed by atoms with Gasteiger partial charge in [0.2, 0.25) is 0 Å². The fourth-order valence-corrected chi connectivity index (χ4v) is 4.70. The molecule has 0 aliphatic carbocycles. The minimum absolute atomic E-state index is 0.106. The SMILES string of the molecule is COc1cccc(C2CCCN2CCS(=O)(=O)c2ccc(Cl)cc2)c1. The Morgan fingerprint density at radius 2 is 1.96 bits per heavy atom. The predicted octanol–water partition coefficient (Wildman–Crippen LogP) is 3.96. The summed E-state index contributed by atoms with van der Waals surface area (Å²) in [6, 6.07) is 14.6. The van der Waals surface area contributed by atoms with E-state index in [0.29, 0.717) is 16.5 Å². The third-order valence-corrected chi connectivity index (χ3v) is 6.62. The minimum atomic E-state index is -3.31. The highest BCUT2D eigenvalue weighted by Crippen LogP contribution is 2.33. The lowest BCUT2D eigenvalue weighted by Crippen LogP contribution is -2.29. The second-order valence-corrected chi connectivity index (χ2v) is 8.79. The number of methoxy groups -OCH3 is 1. The van der Waals surface area contributed by atoms with Gasteiger partial charge in [-0.05, 0) is 61.3 Å². The molecule has 0 radical (unpaired) electrons. The van der Waals surface area contributed by atoms with Crippen molar-refractivity contribution in [2.45, 2.75) is 23.8 Å². The van der Waals surface area contributed by atoms with Crippen molar-refractivity contribution in [1.82, 2.24) is 4.90 Å². The molecule has 0 N–H and O–H groups in total. The van der Waals surface area contributed by atoms with Gasteiger partial charge in [0.1, 0.15) is 5.75 Å². The smallest absolute Gasteiger partial charge is 0.179 e. The molecule has 0 amide bonds. The van der Waals surface area contributed by atoms with Crippen LogP contribution in [0.3, 0.4) is 0 Å². The van der Waals surface area contributed by atoms with Crippen LogP contribution in [0.1, 0.15) is 24.4 Å². The van der Waals surface area contributed by atoms with Crippen molar-refractivity contribution >= 4 is 21.4 Å². The molecule has 1 fully saturated rings. The van der Waals surface area contributed by atoms with Crippen molar-refractivity contribution in [3.05, 3.63) is 59.1 Å². The summed E-state index contributed by atoms with van der Waals surface area (Å²) >= 11 is 5.84. The molecule has 6 heteroatoms. The van der Waals surface area contributed by atoms with Crippen LogP contribution < -0.4 is 4.74 Å². The van der Waals surface area contributed by atoms with E-state index in [1.165, 1.54) is 5.56 Å². The average molecular weight is 380 g/mol. The third-order valence-electron chi connectivity index (χ3n) is 4.66. The zero-order valence-corrected chi connectivity index (χ0v) is 15.8. The molecule has 1 aliphatic heterocycles. The highest BCUT2D eigenvalue weighted by atomic mass is 35.5. The topological polar surface area (TPSA) is 46.6 Å². The maximum absolute atomic E-state index is 12.6. The Bertz CT molecular complexity index is 821. The zero-order chi connectivity index (χ0) is 17.9. The summed E-state index contributed by atoms with van der Waals surface area (Å²) in [6.07, 6.45) is 2.11. The van der Waals surface area contributed by atoms with Crippen molar-refractivity contribution < 1.29 is 13.2 Å². The molecule has 2 aromatic rings. The number of halogens is 1. The van der Waals surface area contributed by atoms with Crippen LogP contribution in [0.25, 0.3) is 0 Å². The van der Waals surface area contributed by atoms with E-state index in [9.17, 15) is 8.42 Å². The lowest BCUT2D eigenvalue weighted by molar-refractivity contribution is 0.271. The summed E-state index contributed by atoms with van der Waals surface area (Å²) in [7, 11) is -1.65. The normalized spacial score (nSPS) is 18.4. The maximum atomic E-state index is 12.6. The number of nitrogens with zero attached hydrogens (tertiary/aromatic N) is 1. The molecular formula is C19H22ClNO3S. The summed E-state index contributed by atoms with van der Waals surface area (Å²) < 4.78 is 30.4. The van der Waals surface area contributed by atoms with Crippen LogP contribution >= 0.6 is 11.6 Å². The highest BCUT2D eigenvalue weighted by Gasteiger charge is 2.27. The largest absolute Gasteiger partial charge is 0.497 e. The summed E-state index contributed by atoms with van der Waals surface area (Å²) in [5, 5.41) is 0.539.